The highest BCUT2D eigenvalue weighted by Gasteiger charge is 2.45. The minimum Gasteiger partial charge on any atom is -0.479 e. The molecule has 2 aromatic carbocycles. The van der Waals surface area contributed by atoms with Gasteiger partial charge in [-0.05, 0) is 22.8 Å². The number of carboxylic acids is 1. The number of benzene rings is 2. The summed E-state index contributed by atoms with van der Waals surface area (Å²) in [6, 6.07) is 14.0. The van der Waals surface area contributed by atoms with Crippen LogP contribution in [0.3, 0.4) is 0 Å². The molecule has 0 radical (unpaired) electrons. The van der Waals surface area contributed by atoms with Crippen molar-refractivity contribution in [1.29, 1.82) is 0 Å². The van der Waals surface area contributed by atoms with Crippen molar-refractivity contribution in [2.45, 2.75) is 24.3 Å². The Balaban J connectivity index is 2.28. The summed E-state index contributed by atoms with van der Waals surface area (Å²) < 4.78 is 11.0. The molecule has 2 atom stereocenters. The highest BCUT2D eigenvalue weighted by molar-refractivity contribution is 7.99. The van der Waals surface area contributed by atoms with E-state index in [1.165, 1.54) is 11.8 Å². The predicted octanol–water partition coefficient (Wildman–Crippen LogP) is 4.31. The van der Waals surface area contributed by atoms with Crippen LogP contribution in [0.1, 0.15) is 13.8 Å². The maximum Gasteiger partial charge on any atom is 0.336 e. The van der Waals surface area contributed by atoms with Crippen LogP contribution in [-0.4, -0.2) is 33.7 Å². The van der Waals surface area contributed by atoms with Gasteiger partial charge in [0.15, 0.2) is 14.1 Å². The van der Waals surface area contributed by atoms with E-state index in [0.717, 1.165) is 15.7 Å². The Hall–Kier alpha value is -1.42. The van der Waals surface area contributed by atoms with Crippen LogP contribution in [0.15, 0.2) is 47.4 Å². The fourth-order valence-electron chi connectivity index (χ4n) is 2.82. The highest BCUT2D eigenvalue weighted by atomic mass is 32.2. The molecule has 0 bridgehead atoms. The minimum absolute atomic E-state index is 0.0599. The number of aliphatic carboxylic acids is 1. The molecule has 0 fully saturated rings. The summed E-state index contributed by atoms with van der Waals surface area (Å²) in [6.07, 6.45) is -0.304. The van der Waals surface area contributed by atoms with Gasteiger partial charge in [0.25, 0.3) is 0 Å². The number of hydrogen-bond acceptors (Lipinski definition) is 4. The van der Waals surface area contributed by atoms with E-state index in [4.69, 9.17) is 0 Å². The Morgan fingerprint density at radius 1 is 1.21 bits per heavy atom. The fourth-order valence-corrected chi connectivity index (χ4v) is 4.93. The van der Waals surface area contributed by atoms with Crippen LogP contribution < -0.4 is 0 Å². The van der Waals surface area contributed by atoms with Gasteiger partial charge in [-0.3, -0.25) is 4.57 Å². The van der Waals surface area contributed by atoms with Crippen molar-refractivity contribution in [2.24, 2.45) is 11.8 Å². The van der Waals surface area contributed by atoms with Crippen molar-refractivity contribution < 1.29 is 19.6 Å². The van der Waals surface area contributed by atoms with E-state index in [9.17, 15) is 19.6 Å². The maximum absolute atomic E-state index is 11.6. The van der Waals surface area contributed by atoms with E-state index >= 15 is 0 Å². The molecule has 0 aliphatic carbocycles. The summed E-state index contributed by atoms with van der Waals surface area (Å²) in [5.41, 5.74) is -1.99. The second kappa shape index (κ2) is 8.11. The molecule has 0 saturated heterocycles. The van der Waals surface area contributed by atoms with Crippen LogP contribution in [0.5, 0.6) is 0 Å². The predicted molar refractivity (Wildman–Crippen MR) is 98.1 cm³/mol. The average molecular weight is 364 g/mol. The molecule has 0 aliphatic rings. The Morgan fingerprint density at radius 3 is 2.50 bits per heavy atom. The normalized spacial score (nSPS) is 15.5. The quantitative estimate of drug-likeness (QED) is 0.539. The van der Waals surface area contributed by atoms with Crippen molar-refractivity contribution >= 4 is 37.0 Å². The van der Waals surface area contributed by atoms with Crippen molar-refractivity contribution in [3.63, 3.8) is 0 Å². The number of carbonyl (C=O) groups is 1. The molecular weight excluding hydrogens is 343 g/mol. The molecule has 2 rings (SSSR count). The monoisotopic (exact) mass is 364 g/mol. The molecule has 2 aromatic rings. The van der Waals surface area contributed by atoms with Crippen molar-refractivity contribution in [2.75, 3.05) is 11.9 Å². The first kappa shape index (κ1) is 18.9. The van der Waals surface area contributed by atoms with E-state index in [1.807, 2.05) is 56.3 Å². The molecule has 0 heterocycles. The molecule has 4 nitrogen and oxygen atoms in total. The molecule has 6 heteroatoms. The van der Waals surface area contributed by atoms with Gasteiger partial charge in [0.05, 0.1) is 6.16 Å². The highest BCUT2D eigenvalue weighted by Crippen LogP contribution is 2.36. The van der Waals surface area contributed by atoms with Gasteiger partial charge in [-0.15, -0.1) is 11.8 Å². The largest absolute Gasteiger partial charge is 0.479 e. The lowest BCUT2D eigenvalue weighted by Crippen LogP contribution is -2.50. The first-order valence-electron chi connectivity index (χ1n) is 7.75. The van der Waals surface area contributed by atoms with E-state index < -0.39 is 17.5 Å². The number of aliphatic hydroxyl groups is 1. The molecule has 128 valence electrons. The van der Waals surface area contributed by atoms with Crippen molar-refractivity contribution in [1.82, 2.24) is 0 Å². The second-order valence-corrected chi connectivity index (χ2v) is 7.79. The van der Waals surface area contributed by atoms with Gasteiger partial charge in [-0.2, -0.15) is 0 Å². The van der Waals surface area contributed by atoms with Gasteiger partial charge in [-0.25, -0.2) is 4.79 Å². The van der Waals surface area contributed by atoms with E-state index in [0.29, 0.717) is 5.75 Å². The molecule has 2 N–H and O–H groups in total. The Labute approximate surface area is 147 Å². The zero-order valence-electron chi connectivity index (χ0n) is 13.7. The lowest BCUT2D eigenvalue weighted by atomic mass is 9.82. The number of hydrogen-bond donors (Lipinski definition) is 2. The van der Waals surface area contributed by atoms with Crippen LogP contribution in [0.2, 0.25) is 0 Å². The molecule has 0 spiro atoms. The average Bonchev–Trinajstić information content (AvgIpc) is 2.55. The van der Waals surface area contributed by atoms with Gasteiger partial charge < -0.3 is 10.2 Å². The number of fused-ring (bicyclic) bond motifs is 1. The zero-order valence-corrected chi connectivity index (χ0v) is 15.4. The number of rotatable bonds is 8. The van der Waals surface area contributed by atoms with Gasteiger partial charge in [0.1, 0.15) is 0 Å². The molecule has 0 aliphatic heterocycles. The molecule has 0 aromatic heterocycles. The SMILES string of the molecule is CC(C)C(CSc1cccc2ccccc12)C(O)(CP=O)C(=O)O. The second-order valence-electron chi connectivity index (χ2n) is 6.16. The van der Waals surface area contributed by atoms with Crippen LogP contribution in [0.4, 0.5) is 0 Å². The minimum atomic E-state index is -1.99. The Bertz CT molecular complexity index is 729. The third-order valence-electron chi connectivity index (χ3n) is 4.26. The molecular formula is C18H21O4PS. The summed E-state index contributed by atoms with van der Waals surface area (Å²) >= 11 is 1.53. The van der Waals surface area contributed by atoms with Crippen molar-refractivity contribution in [3.8, 4) is 0 Å². The van der Waals surface area contributed by atoms with Crippen LogP contribution in [0, 0.1) is 11.8 Å². The maximum atomic E-state index is 11.6. The van der Waals surface area contributed by atoms with Gasteiger partial charge in [0.2, 0.25) is 0 Å². The lowest BCUT2D eigenvalue weighted by molar-refractivity contribution is -0.162. The van der Waals surface area contributed by atoms with E-state index in [2.05, 4.69) is 0 Å². The van der Waals surface area contributed by atoms with Crippen LogP contribution in [0.25, 0.3) is 10.8 Å². The van der Waals surface area contributed by atoms with Gasteiger partial charge >= 0.3 is 5.97 Å². The summed E-state index contributed by atoms with van der Waals surface area (Å²) in [5, 5.41) is 22.3. The smallest absolute Gasteiger partial charge is 0.336 e. The number of thioether (sulfide) groups is 1. The topological polar surface area (TPSA) is 74.6 Å². The first-order valence-corrected chi connectivity index (χ1v) is 9.74. The van der Waals surface area contributed by atoms with E-state index in [-0.39, 0.29) is 20.5 Å². The molecule has 0 amide bonds. The van der Waals surface area contributed by atoms with Crippen molar-refractivity contribution in [3.05, 3.63) is 42.5 Å². The fraction of sp³-hybridized carbons (Fsp3) is 0.389. The Kier molecular flexibility index (Phi) is 6.39. The third kappa shape index (κ3) is 3.97. The lowest BCUT2D eigenvalue weighted by Gasteiger charge is -2.33. The number of carboxylic acid groups (broad SMARTS) is 1. The summed E-state index contributed by atoms with van der Waals surface area (Å²) in [5.74, 6) is -1.46. The summed E-state index contributed by atoms with van der Waals surface area (Å²) in [4.78, 5) is 12.6. The zero-order chi connectivity index (χ0) is 17.7. The summed E-state index contributed by atoms with van der Waals surface area (Å²) in [7, 11) is -0.365. The summed E-state index contributed by atoms with van der Waals surface area (Å²) in [6.45, 7) is 3.76. The van der Waals surface area contributed by atoms with Gasteiger partial charge in [-0.1, -0.05) is 50.2 Å². The van der Waals surface area contributed by atoms with Crippen LogP contribution >= 0.6 is 20.2 Å². The molecule has 2 unspecified atom stereocenters. The van der Waals surface area contributed by atoms with Gasteiger partial charge in [0, 0.05) is 16.6 Å². The standard InChI is InChI=1S/C18H21O4PS/c1-12(2)15(18(21,11-23-22)17(19)20)10-24-16-9-5-7-13-6-3-4-8-14(13)16/h3-9,12,15,21H,10-11H2,1-2H3,(H,19,20). The van der Waals surface area contributed by atoms with E-state index in [1.54, 1.807) is 0 Å². The first-order chi connectivity index (χ1) is 11.4. The molecule has 0 saturated carbocycles. The third-order valence-corrected chi connectivity index (χ3v) is 6.07. The molecule has 24 heavy (non-hydrogen) atoms. The van der Waals surface area contributed by atoms with Crippen LogP contribution in [-0.2, 0) is 9.36 Å². The Morgan fingerprint density at radius 2 is 1.88 bits per heavy atom.